The quantitative estimate of drug-likeness (QED) is 0.863. The van der Waals surface area contributed by atoms with Gasteiger partial charge in [0, 0.05) is 17.8 Å². The van der Waals surface area contributed by atoms with Gasteiger partial charge in [-0.15, -0.1) is 0 Å². The van der Waals surface area contributed by atoms with E-state index < -0.39 is 0 Å². The van der Waals surface area contributed by atoms with Crippen molar-refractivity contribution in [2.75, 3.05) is 5.73 Å². The van der Waals surface area contributed by atoms with Gasteiger partial charge in [0.15, 0.2) is 0 Å². The maximum Gasteiger partial charge on any atom is 0.117 e. The summed E-state index contributed by atoms with van der Waals surface area (Å²) in [5.74, 6) is 1.07. The van der Waals surface area contributed by atoms with E-state index in [2.05, 4.69) is 23.1 Å². The Bertz CT molecular complexity index is 601. The predicted octanol–water partition coefficient (Wildman–Crippen LogP) is 3.51. The molecule has 2 aliphatic rings. The van der Waals surface area contributed by atoms with E-state index in [4.69, 9.17) is 10.2 Å². The third-order valence-corrected chi connectivity index (χ3v) is 4.55. The van der Waals surface area contributed by atoms with Crippen molar-refractivity contribution in [2.24, 2.45) is 0 Å². The van der Waals surface area contributed by atoms with Crippen LogP contribution in [0.2, 0.25) is 0 Å². The SMILES string of the molecule is Nc1ccc2c(c1)CCC2N(Cc1ccco1)C1CC1. The topological polar surface area (TPSA) is 42.4 Å². The number of nitrogens with zero attached hydrogens (tertiary/aromatic N) is 1. The second-order valence-electron chi connectivity index (χ2n) is 6.00. The number of hydrogen-bond acceptors (Lipinski definition) is 3. The van der Waals surface area contributed by atoms with Gasteiger partial charge in [-0.3, -0.25) is 4.90 Å². The van der Waals surface area contributed by atoms with E-state index in [1.165, 1.54) is 30.4 Å². The summed E-state index contributed by atoms with van der Waals surface area (Å²) in [4.78, 5) is 2.63. The fourth-order valence-electron chi connectivity index (χ4n) is 3.44. The van der Waals surface area contributed by atoms with Crippen molar-refractivity contribution in [2.45, 2.75) is 44.3 Å². The maximum absolute atomic E-state index is 5.91. The smallest absolute Gasteiger partial charge is 0.117 e. The van der Waals surface area contributed by atoms with Crippen molar-refractivity contribution in [3.8, 4) is 0 Å². The molecule has 4 rings (SSSR count). The molecule has 1 aromatic heterocycles. The molecule has 0 saturated heterocycles. The van der Waals surface area contributed by atoms with E-state index in [9.17, 15) is 0 Å². The van der Waals surface area contributed by atoms with Gasteiger partial charge in [-0.05, 0) is 61.1 Å². The van der Waals surface area contributed by atoms with E-state index in [1.54, 1.807) is 6.26 Å². The summed E-state index contributed by atoms with van der Waals surface area (Å²) >= 11 is 0. The summed E-state index contributed by atoms with van der Waals surface area (Å²) in [5.41, 5.74) is 9.69. The Morgan fingerprint density at radius 2 is 2.10 bits per heavy atom. The molecule has 2 aromatic rings. The molecule has 1 fully saturated rings. The van der Waals surface area contributed by atoms with Crippen LogP contribution in [0.15, 0.2) is 41.0 Å². The lowest BCUT2D eigenvalue weighted by Crippen LogP contribution is -2.29. The van der Waals surface area contributed by atoms with Gasteiger partial charge in [0.05, 0.1) is 12.8 Å². The average molecular weight is 268 g/mol. The molecule has 0 bridgehead atoms. The van der Waals surface area contributed by atoms with E-state index in [0.29, 0.717) is 6.04 Å². The van der Waals surface area contributed by atoms with Gasteiger partial charge in [-0.2, -0.15) is 0 Å². The summed E-state index contributed by atoms with van der Waals surface area (Å²) in [6, 6.07) is 11.7. The van der Waals surface area contributed by atoms with Gasteiger partial charge in [-0.1, -0.05) is 6.07 Å². The van der Waals surface area contributed by atoms with Crippen molar-refractivity contribution in [3.63, 3.8) is 0 Å². The highest BCUT2D eigenvalue weighted by Gasteiger charge is 2.37. The van der Waals surface area contributed by atoms with Gasteiger partial charge in [0.25, 0.3) is 0 Å². The first kappa shape index (κ1) is 12.0. The van der Waals surface area contributed by atoms with Crippen LogP contribution in [0.1, 0.15) is 42.2 Å². The Morgan fingerprint density at radius 3 is 2.85 bits per heavy atom. The molecular weight excluding hydrogens is 248 g/mol. The molecule has 1 aromatic carbocycles. The van der Waals surface area contributed by atoms with Crippen molar-refractivity contribution in [3.05, 3.63) is 53.5 Å². The van der Waals surface area contributed by atoms with Crippen LogP contribution in [-0.2, 0) is 13.0 Å². The van der Waals surface area contributed by atoms with Crippen molar-refractivity contribution < 1.29 is 4.42 Å². The van der Waals surface area contributed by atoms with Crippen LogP contribution in [0.25, 0.3) is 0 Å². The number of anilines is 1. The van der Waals surface area contributed by atoms with E-state index in [0.717, 1.165) is 30.5 Å². The number of fused-ring (bicyclic) bond motifs is 1. The van der Waals surface area contributed by atoms with Gasteiger partial charge >= 0.3 is 0 Å². The second-order valence-corrected chi connectivity index (χ2v) is 6.00. The number of aryl methyl sites for hydroxylation is 1. The third-order valence-electron chi connectivity index (χ3n) is 4.55. The Morgan fingerprint density at radius 1 is 1.20 bits per heavy atom. The minimum atomic E-state index is 0.531. The van der Waals surface area contributed by atoms with Crippen LogP contribution in [0, 0.1) is 0 Å². The largest absolute Gasteiger partial charge is 0.468 e. The van der Waals surface area contributed by atoms with Gasteiger partial charge < -0.3 is 10.2 Å². The van der Waals surface area contributed by atoms with E-state index >= 15 is 0 Å². The lowest BCUT2D eigenvalue weighted by molar-refractivity contribution is 0.163. The molecule has 20 heavy (non-hydrogen) atoms. The Hall–Kier alpha value is -1.74. The van der Waals surface area contributed by atoms with Crippen LogP contribution >= 0.6 is 0 Å². The first-order chi connectivity index (χ1) is 9.81. The van der Waals surface area contributed by atoms with Gasteiger partial charge in [0.2, 0.25) is 0 Å². The number of hydrogen-bond donors (Lipinski definition) is 1. The summed E-state index contributed by atoms with van der Waals surface area (Å²) in [6.07, 6.45) is 6.76. The minimum absolute atomic E-state index is 0.531. The summed E-state index contributed by atoms with van der Waals surface area (Å²) in [5, 5.41) is 0. The Balaban J connectivity index is 1.62. The number of nitrogen functional groups attached to an aromatic ring is 1. The van der Waals surface area contributed by atoms with Crippen molar-refractivity contribution in [1.82, 2.24) is 4.90 Å². The molecule has 0 radical (unpaired) electrons. The lowest BCUT2D eigenvalue weighted by Gasteiger charge is -2.29. The minimum Gasteiger partial charge on any atom is -0.468 e. The molecule has 1 atom stereocenters. The molecule has 1 saturated carbocycles. The Kier molecular flexibility index (Phi) is 2.81. The molecule has 0 amide bonds. The predicted molar refractivity (Wildman–Crippen MR) is 79.2 cm³/mol. The first-order valence-electron chi connectivity index (χ1n) is 7.48. The zero-order valence-electron chi connectivity index (χ0n) is 11.6. The Labute approximate surface area is 119 Å². The molecule has 3 nitrogen and oxygen atoms in total. The molecule has 3 heteroatoms. The highest BCUT2D eigenvalue weighted by atomic mass is 16.3. The fraction of sp³-hybridized carbons (Fsp3) is 0.412. The number of benzene rings is 1. The molecule has 104 valence electrons. The molecule has 1 heterocycles. The van der Waals surface area contributed by atoms with Crippen molar-refractivity contribution >= 4 is 5.69 Å². The van der Waals surface area contributed by atoms with Crippen LogP contribution in [-0.4, -0.2) is 10.9 Å². The lowest BCUT2D eigenvalue weighted by atomic mass is 10.1. The summed E-state index contributed by atoms with van der Waals surface area (Å²) in [7, 11) is 0. The average Bonchev–Trinajstić information content (AvgIpc) is 3.00. The number of nitrogens with two attached hydrogens (primary N) is 1. The van der Waals surface area contributed by atoms with E-state index in [-0.39, 0.29) is 0 Å². The fourth-order valence-corrected chi connectivity index (χ4v) is 3.44. The van der Waals surface area contributed by atoms with Gasteiger partial charge in [0.1, 0.15) is 5.76 Å². The van der Waals surface area contributed by atoms with E-state index in [1.807, 2.05) is 12.1 Å². The standard InChI is InChI=1S/C17H20N2O/c18-13-4-7-16-12(10-13)3-8-17(16)19(14-5-6-14)11-15-2-1-9-20-15/h1-2,4,7,9-10,14,17H,3,5-6,8,11,18H2. The molecule has 2 N–H and O–H groups in total. The summed E-state index contributed by atoms with van der Waals surface area (Å²) < 4.78 is 5.55. The first-order valence-corrected chi connectivity index (χ1v) is 7.48. The van der Waals surface area contributed by atoms with Crippen LogP contribution < -0.4 is 5.73 Å². The van der Waals surface area contributed by atoms with Crippen LogP contribution in [0.4, 0.5) is 5.69 Å². The molecule has 0 spiro atoms. The van der Waals surface area contributed by atoms with Crippen molar-refractivity contribution in [1.29, 1.82) is 0 Å². The number of rotatable bonds is 4. The molecule has 0 aliphatic heterocycles. The van der Waals surface area contributed by atoms with Gasteiger partial charge in [-0.25, -0.2) is 0 Å². The number of furan rings is 1. The zero-order chi connectivity index (χ0) is 13.5. The highest BCUT2D eigenvalue weighted by Crippen LogP contribution is 2.43. The highest BCUT2D eigenvalue weighted by molar-refractivity contribution is 5.47. The maximum atomic E-state index is 5.91. The summed E-state index contributed by atoms with van der Waals surface area (Å²) in [6.45, 7) is 0.923. The zero-order valence-corrected chi connectivity index (χ0v) is 11.6. The van der Waals surface area contributed by atoms with Crippen LogP contribution in [0.5, 0.6) is 0 Å². The third kappa shape index (κ3) is 2.12. The molecular formula is C17H20N2O. The monoisotopic (exact) mass is 268 g/mol. The second kappa shape index (κ2) is 4.67. The molecule has 1 unspecified atom stereocenters. The molecule has 2 aliphatic carbocycles. The van der Waals surface area contributed by atoms with Crippen LogP contribution in [0.3, 0.4) is 0 Å². The normalized spacial score (nSPS) is 21.4.